The third-order valence-electron chi connectivity index (χ3n) is 10.8. The van der Waals surface area contributed by atoms with Crippen LogP contribution in [0, 0.1) is 30.6 Å². The van der Waals surface area contributed by atoms with E-state index in [-0.39, 0.29) is 55.5 Å². The maximum absolute atomic E-state index is 15.1. The minimum absolute atomic E-state index is 0.00214. The number of hydrazine groups is 1. The number of carbonyl (C=O) groups excluding carboxylic acids is 4. The molecule has 3 fully saturated rings. The summed E-state index contributed by atoms with van der Waals surface area (Å²) in [6.07, 6.45) is 2.29. The molecule has 0 radical (unpaired) electrons. The van der Waals surface area contributed by atoms with Gasteiger partial charge >= 0.3 is 5.97 Å². The quantitative estimate of drug-likeness (QED) is 0.221. The lowest BCUT2D eigenvalue weighted by molar-refractivity contribution is -0.142. The van der Waals surface area contributed by atoms with E-state index in [0.717, 1.165) is 16.1 Å². The molecule has 252 valence electrons. The number of aryl methyl sites for hydroxylation is 1. The van der Waals surface area contributed by atoms with Crippen molar-refractivity contribution in [3.05, 3.63) is 101 Å². The number of anilines is 1. The summed E-state index contributed by atoms with van der Waals surface area (Å²) in [6, 6.07) is 21.4. The molecule has 2 saturated heterocycles. The van der Waals surface area contributed by atoms with Crippen LogP contribution < -0.4 is 10.2 Å². The van der Waals surface area contributed by atoms with Crippen molar-refractivity contribution in [1.82, 2.24) is 9.91 Å². The molecule has 3 aromatic rings. The number of ether oxygens (including phenoxy) is 1. The highest BCUT2D eigenvalue weighted by Gasteiger charge is 2.70. The standard InChI is InChI=1S/C38H37N3O8/c1-21-10-13-24(14-11-21)39-41-35(46)28-20-27-25(15-16-26-32(27)36(47)40(34(26)45)18-6-9-31(43)44)33(22-12-17-30(49-2)29(42)19-22)38(28,37(41)48)23-7-4-3-5-8-23/h3-5,7-8,10-15,17,19,26-28,32-33,39,42H,6,9,16,18,20H2,1-2H3,(H,43,44). The summed E-state index contributed by atoms with van der Waals surface area (Å²) in [5.41, 5.74) is 5.13. The Morgan fingerprint density at radius 3 is 2.37 bits per heavy atom. The zero-order chi connectivity index (χ0) is 34.6. The summed E-state index contributed by atoms with van der Waals surface area (Å²) in [4.78, 5) is 69.9. The number of rotatable bonds is 9. The van der Waals surface area contributed by atoms with Crippen molar-refractivity contribution in [3.8, 4) is 11.5 Å². The number of carbonyl (C=O) groups is 5. The number of fused-ring (bicyclic) bond motifs is 4. The van der Waals surface area contributed by atoms with Crippen LogP contribution in [0.1, 0.15) is 48.3 Å². The highest BCUT2D eigenvalue weighted by Crippen LogP contribution is 2.64. The number of nitrogens with zero attached hydrogens (tertiary/aromatic N) is 2. The number of hydrogen-bond acceptors (Lipinski definition) is 8. The molecule has 11 heteroatoms. The van der Waals surface area contributed by atoms with E-state index in [2.05, 4.69) is 5.43 Å². The van der Waals surface area contributed by atoms with Gasteiger partial charge in [-0.15, -0.1) is 0 Å². The molecule has 3 aromatic carbocycles. The van der Waals surface area contributed by atoms with E-state index in [1.807, 2.05) is 55.5 Å². The number of phenols is 1. The zero-order valence-corrected chi connectivity index (χ0v) is 27.2. The number of imide groups is 2. The maximum Gasteiger partial charge on any atom is 0.303 e. The number of carboxylic acid groups (broad SMARTS) is 1. The van der Waals surface area contributed by atoms with Gasteiger partial charge in [-0.25, -0.2) is 0 Å². The molecule has 6 atom stereocenters. The van der Waals surface area contributed by atoms with E-state index in [4.69, 9.17) is 9.84 Å². The monoisotopic (exact) mass is 663 g/mol. The Morgan fingerprint density at radius 2 is 1.69 bits per heavy atom. The van der Waals surface area contributed by atoms with Gasteiger partial charge in [-0.05, 0) is 67.5 Å². The van der Waals surface area contributed by atoms with Crippen molar-refractivity contribution < 1.29 is 38.9 Å². The lowest BCUT2D eigenvalue weighted by Crippen LogP contribution is -2.53. The van der Waals surface area contributed by atoms with Crippen molar-refractivity contribution in [2.24, 2.45) is 23.7 Å². The number of aromatic hydroxyl groups is 1. The van der Waals surface area contributed by atoms with Crippen LogP contribution in [-0.4, -0.2) is 63.4 Å². The van der Waals surface area contributed by atoms with Crippen LogP contribution in [0.5, 0.6) is 11.5 Å². The molecule has 49 heavy (non-hydrogen) atoms. The van der Waals surface area contributed by atoms with Gasteiger partial charge < -0.3 is 14.9 Å². The second-order valence-corrected chi connectivity index (χ2v) is 13.3. The van der Waals surface area contributed by atoms with Gasteiger partial charge in [0.05, 0.1) is 36.0 Å². The van der Waals surface area contributed by atoms with Gasteiger partial charge in [0.15, 0.2) is 11.5 Å². The molecule has 4 aliphatic rings. The Balaban J connectivity index is 1.40. The molecule has 6 unspecified atom stereocenters. The number of amides is 4. The van der Waals surface area contributed by atoms with Gasteiger partial charge in [0.25, 0.3) is 11.8 Å². The summed E-state index contributed by atoms with van der Waals surface area (Å²) in [5.74, 6) is -6.26. The summed E-state index contributed by atoms with van der Waals surface area (Å²) in [5, 5.41) is 21.3. The van der Waals surface area contributed by atoms with E-state index in [0.29, 0.717) is 16.8 Å². The van der Waals surface area contributed by atoms with Crippen LogP contribution in [0.3, 0.4) is 0 Å². The zero-order valence-electron chi connectivity index (χ0n) is 27.2. The highest BCUT2D eigenvalue weighted by atomic mass is 16.5. The van der Waals surface area contributed by atoms with Crippen molar-refractivity contribution in [1.29, 1.82) is 0 Å². The molecule has 3 N–H and O–H groups in total. The van der Waals surface area contributed by atoms with Crippen LogP contribution in [0.25, 0.3) is 0 Å². The van der Waals surface area contributed by atoms with Crippen LogP contribution >= 0.6 is 0 Å². The Hall–Kier alpha value is -5.45. The average molecular weight is 664 g/mol. The van der Waals surface area contributed by atoms with Crippen LogP contribution in [0.4, 0.5) is 5.69 Å². The number of benzene rings is 3. The lowest BCUT2D eigenvalue weighted by Gasteiger charge is -2.50. The van der Waals surface area contributed by atoms with E-state index < -0.39 is 52.8 Å². The number of carboxylic acids is 1. The molecular weight excluding hydrogens is 626 g/mol. The number of hydrogen-bond donors (Lipinski definition) is 3. The topological polar surface area (TPSA) is 154 Å². The Morgan fingerprint density at radius 1 is 0.959 bits per heavy atom. The normalized spacial score (nSPS) is 27.4. The minimum Gasteiger partial charge on any atom is -0.504 e. The van der Waals surface area contributed by atoms with Gasteiger partial charge in [0.1, 0.15) is 0 Å². The summed E-state index contributed by atoms with van der Waals surface area (Å²) >= 11 is 0. The van der Waals surface area contributed by atoms with Crippen molar-refractivity contribution in [3.63, 3.8) is 0 Å². The molecule has 7 rings (SSSR count). The first-order chi connectivity index (χ1) is 23.6. The second kappa shape index (κ2) is 12.2. The van der Waals surface area contributed by atoms with Crippen LogP contribution in [-0.2, 0) is 29.4 Å². The lowest BCUT2D eigenvalue weighted by atomic mass is 9.49. The molecular formula is C38H37N3O8. The fourth-order valence-electron chi connectivity index (χ4n) is 8.68. The Bertz CT molecular complexity index is 1890. The first kappa shape index (κ1) is 32.1. The van der Waals surface area contributed by atoms with Gasteiger partial charge in [-0.2, -0.15) is 5.01 Å². The maximum atomic E-state index is 15.1. The smallest absolute Gasteiger partial charge is 0.303 e. The second-order valence-electron chi connectivity index (χ2n) is 13.3. The number of nitrogens with one attached hydrogen (secondary N) is 1. The molecule has 4 amide bonds. The van der Waals surface area contributed by atoms with E-state index in [9.17, 15) is 24.3 Å². The Labute approximate surface area is 283 Å². The van der Waals surface area contributed by atoms with Crippen molar-refractivity contribution in [2.45, 2.75) is 43.9 Å². The number of phenolic OH excluding ortho intramolecular Hbond substituents is 1. The number of likely N-dealkylation sites (tertiary alicyclic amines) is 1. The number of allylic oxidation sites excluding steroid dienone is 2. The third kappa shape index (κ3) is 4.98. The van der Waals surface area contributed by atoms with Crippen molar-refractivity contribution in [2.75, 3.05) is 19.1 Å². The minimum atomic E-state index is -1.46. The van der Waals surface area contributed by atoms with Crippen molar-refractivity contribution >= 4 is 35.3 Å². The van der Waals surface area contributed by atoms with Gasteiger partial charge in [0, 0.05) is 18.9 Å². The molecule has 11 nitrogen and oxygen atoms in total. The Kier molecular flexibility index (Phi) is 8.01. The van der Waals surface area contributed by atoms with E-state index in [1.165, 1.54) is 12.0 Å². The van der Waals surface area contributed by atoms with Gasteiger partial charge in [-0.1, -0.05) is 65.7 Å². The first-order valence-corrected chi connectivity index (χ1v) is 16.5. The molecule has 1 saturated carbocycles. The highest BCUT2D eigenvalue weighted by molar-refractivity contribution is 6.13. The molecule has 0 bridgehead atoms. The molecule has 2 heterocycles. The summed E-state index contributed by atoms with van der Waals surface area (Å²) in [6.45, 7) is 1.94. The molecule has 0 aromatic heterocycles. The van der Waals surface area contributed by atoms with Crippen LogP contribution in [0.2, 0.25) is 0 Å². The molecule has 2 aliphatic heterocycles. The van der Waals surface area contributed by atoms with E-state index >= 15 is 4.79 Å². The van der Waals surface area contributed by atoms with Crippen LogP contribution in [0.15, 0.2) is 84.4 Å². The molecule has 0 spiro atoms. The summed E-state index contributed by atoms with van der Waals surface area (Å²) in [7, 11) is 1.44. The van der Waals surface area contributed by atoms with Gasteiger partial charge in [-0.3, -0.25) is 34.3 Å². The fraction of sp³-hybridized carbons (Fsp3) is 0.342. The van der Waals surface area contributed by atoms with E-state index in [1.54, 1.807) is 30.3 Å². The average Bonchev–Trinajstić information content (AvgIpc) is 3.46. The predicted molar refractivity (Wildman–Crippen MR) is 177 cm³/mol. The molecule has 2 aliphatic carbocycles. The largest absolute Gasteiger partial charge is 0.504 e. The fourth-order valence-corrected chi connectivity index (χ4v) is 8.68. The SMILES string of the molecule is COc1ccc(C2C3=CCC4C(=O)N(CCCC(=O)O)C(=O)C4C3CC3C(=O)N(Nc4ccc(C)cc4)C(=O)C32c2ccccc2)cc1O. The van der Waals surface area contributed by atoms with Gasteiger partial charge in [0.2, 0.25) is 11.8 Å². The number of aliphatic carboxylic acids is 1. The first-order valence-electron chi connectivity index (χ1n) is 16.5. The summed E-state index contributed by atoms with van der Waals surface area (Å²) < 4.78 is 5.33. The number of methoxy groups -OCH3 is 1. The predicted octanol–water partition coefficient (Wildman–Crippen LogP) is 4.56. The third-order valence-corrected chi connectivity index (χ3v) is 10.8.